The Hall–Kier alpha value is -1.41. The Kier molecular flexibility index (Phi) is 5.00. The summed E-state index contributed by atoms with van der Waals surface area (Å²) < 4.78 is 27.8. The van der Waals surface area contributed by atoms with Gasteiger partial charge in [-0.15, -0.1) is 0 Å². The van der Waals surface area contributed by atoms with Crippen LogP contribution in [0.3, 0.4) is 0 Å². The Balaban J connectivity index is 2.32. The lowest BCUT2D eigenvalue weighted by Crippen LogP contribution is -2.33. The van der Waals surface area contributed by atoms with Crippen LogP contribution >= 0.6 is 11.6 Å². The minimum Gasteiger partial charge on any atom is -0.395 e. The molecule has 114 valence electrons. The van der Waals surface area contributed by atoms with Crippen LogP contribution in [-0.4, -0.2) is 40.5 Å². The third-order valence-corrected chi connectivity index (χ3v) is 5.02. The van der Waals surface area contributed by atoms with Crippen molar-refractivity contribution in [3.05, 3.63) is 47.4 Å². The highest BCUT2D eigenvalue weighted by molar-refractivity contribution is 7.89. The molecule has 21 heavy (non-hydrogen) atoms. The van der Waals surface area contributed by atoms with Crippen molar-refractivity contribution in [1.29, 1.82) is 0 Å². The van der Waals surface area contributed by atoms with Crippen LogP contribution in [0.1, 0.15) is 5.56 Å². The molecule has 0 radical (unpaired) electrons. The number of nitrogens with zero attached hydrogens (tertiary/aromatic N) is 3. The van der Waals surface area contributed by atoms with Crippen LogP contribution in [-0.2, 0) is 23.6 Å². The van der Waals surface area contributed by atoms with Gasteiger partial charge in [0.15, 0.2) is 5.03 Å². The van der Waals surface area contributed by atoms with Crippen molar-refractivity contribution in [2.75, 3.05) is 13.2 Å². The molecule has 0 aliphatic heterocycles. The second kappa shape index (κ2) is 6.57. The fourth-order valence-electron chi connectivity index (χ4n) is 1.86. The molecule has 0 unspecified atom stereocenters. The molecule has 2 aromatic rings. The van der Waals surface area contributed by atoms with E-state index in [-0.39, 0.29) is 30.0 Å². The second-order valence-corrected chi connectivity index (χ2v) is 6.73. The van der Waals surface area contributed by atoms with Crippen molar-refractivity contribution in [3.8, 4) is 0 Å². The average molecular weight is 330 g/mol. The van der Waals surface area contributed by atoms with Gasteiger partial charge in [0, 0.05) is 26.3 Å². The van der Waals surface area contributed by atoms with Gasteiger partial charge in [0.2, 0.25) is 5.28 Å². The number of aliphatic hydroxyl groups excluding tert-OH is 1. The fourth-order valence-corrected chi connectivity index (χ4v) is 3.45. The first-order valence-electron chi connectivity index (χ1n) is 6.29. The number of aryl methyl sites for hydroxylation is 1. The van der Waals surface area contributed by atoms with Gasteiger partial charge < -0.3 is 9.67 Å². The van der Waals surface area contributed by atoms with Gasteiger partial charge in [-0.05, 0) is 17.2 Å². The van der Waals surface area contributed by atoms with Crippen molar-refractivity contribution in [2.45, 2.75) is 11.6 Å². The minimum atomic E-state index is -3.81. The zero-order chi connectivity index (χ0) is 15.5. The van der Waals surface area contributed by atoms with E-state index in [0.29, 0.717) is 0 Å². The van der Waals surface area contributed by atoms with Gasteiger partial charge in [0.05, 0.1) is 6.61 Å². The third kappa shape index (κ3) is 3.62. The largest absolute Gasteiger partial charge is 0.395 e. The molecule has 0 atom stereocenters. The Morgan fingerprint density at radius 1 is 1.33 bits per heavy atom. The highest BCUT2D eigenvalue weighted by Gasteiger charge is 2.27. The summed E-state index contributed by atoms with van der Waals surface area (Å²) in [7, 11) is -2.19. The van der Waals surface area contributed by atoms with E-state index >= 15 is 0 Å². The third-order valence-electron chi connectivity index (χ3n) is 2.95. The zero-order valence-corrected chi connectivity index (χ0v) is 13.0. The number of aliphatic hydroxyl groups is 1. The highest BCUT2D eigenvalue weighted by Crippen LogP contribution is 2.19. The first-order chi connectivity index (χ1) is 9.95. The van der Waals surface area contributed by atoms with E-state index in [1.54, 1.807) is 7.05 Å². The lowest BCUT2D eigenvalue weighted by Gasteiger charge is -2.20. The van der Waals surface area contributed by atoms with Crippen LogP contribution in [0.5, 0.6) is 0 Å². The van der Waals surface area contributed by atoms with Crippen molar-refractivity contribution in [2.24, 2.45) is 7.05 Å². The molecule has 0 aliphatic carbocycles. The number of benzene rings is 1. The van der Waals surface area contributed by atoms with Crippen LogP contribution in [0, 0.1) is 0 Å². The molecular weight excluding hydrogens is 314 g/mol. The first kappa shape index (κ1) is 16.0. The maximum Gasteiger partial charge on any atom is 0.262 e. The summed E-state index contributed by atoms with van der Waals surface area (Å²) >= 11 is 5.80. The van der Waals surface area contributed by atoms with Crippen LogP contribution in [0.15, 0.2) is 41.6 Å². The molecule has 1 aromatic carbocycles. The lowest BCUT2D eigenvalue weighted by molar-refractivity contribution is 0.251. The predicted octanol–water partition coefficient (Wildman–Crippen LogP) is 1.26. The first-order valence-corrected chi connectivity index (χ1v) is 8.10. The van der Waals surface area contributed by atoms with E-state index in [1.165, 1.54) is 15.1 Å². The SMILES string of the molecule is Cn1cc(S(=O)(=O)N(CCO)Cc2ccccc2)nc1Cl. The number of hydrogen-bond acceptors (Lipinski definition) is 4. The van der Waals surface area contributed by atoms with E-state index in [1.807, 2.05) is 30.3 Å². The number of imidazole rings is 1. The van der Waals surface area contributed by atoms with Crippen molar-refractivity contribution in [1.82, 2.24) is 13.9 Å². The number of rotatable bonds is 6. The molecule has 0 bridgehead atoms. The summed E-state index contributed by atoms with van der Waals surface area (Å²) in [5.41, 5.74) is 0.830. The molecule has 0 fully saturated rings. The molecule has 6 nitrogen and oxygen atoms in total. The topological polar surface area (TPSA) is 75.4 Å². The fraction of sp³-hybridized carbons (Fsp3) is 0.308. The summed E-state index contributed by atoms with van der Waals surface area (Å²) in [5.74, 6) is 0. The Morgan fingerprint density at radius 2 is 2.00 bits per heavy atom. The molecule has 0 saturated heterocycles. The second-order valence-electron chi connectivity index (χ2n) is 4.51. The molecule has 0 amide bonds. The molecule has 8 heteroatoms. The standard InChI is InChI=1S/C13H16ClN3O3S/c1-16-10-12(15-13(16)14)21(19,20)17(7-8-18)9-11-5-3-2-4-6-11/h2-6,10,18H,7-9H2,1H3. The van der Waals surface area contributed by atoms with E-state index in [0.717, 1.165) is 5.56 Å². The van der Waals surface area contributed by atoms with Gasteiger partial charge in [-0.3, -0.25) is 0 Å². The monoisotopic (exact) mass is 329 g/mol. The summed E-state index contributed by atoms with van der Waals surface area (Å²) in [4.78, 5) is 3.84. The normalized spacial score (nSPS) is 12.0. The van der Waals surface area contributed by atoms with Gasteiger partial charge in [0.1, 0.15) is 0 Å². The van der Waals surface area contributed by atoms with E-state index in [2.05, 4.69) is 4.98 Å². The van der Waals surface area contributed by atoms with Crippen LogP contribution in [0.25, 0.3) is 0 Å². The molecule has 0 aliphatic rings. The smallest absolute Gasteiger partial charge is 0.262 e. The van der Waals surface area contributed by atoms with Gasteiger partial charge >= 0.3 is 0 Å². The van der Waals surface area contributed by atoms with Crippen molar-refractivity contribution < 1.29 is 13.5 Å². The Labute approximate surface area is 128 Å². The summed E-state index contributed by atoms with van der Waals surface area (Å²) in [5, 5.41) is 9.10. The Bertz CT molecular complexity index is 681. The van der Waals surface area contributed by atoms with E-state index in [4.69, 9.17) is 16.7 Å². The molecular formula is C13H16ClN3O3S. The number of aromatic nitrogens is 2. The van der Waals surface area contributed by atoms with Gasteiger partial charge in [-0.1, -0.05) is 30.3 Å². The lowest BCUT2D eigenvalue weighted by atomic mass is 10.2. The Morgan fingerprint density at radius 3 is 2.52 bits per heavy atom. The van der Waals surface area contributed by atoms with Crippen LogP contribution in [0.2, 0.25) is 5.28 Å². The predicted molar refractivity (Wildman–Crippen MR) is 79.3 cm³/mol. The summed E-state index contributed by atoms with van der Waals surface area (Å²) in [6, 6.07) is 9.16. The molecule has 1 aromatic heterocycles. The van der Waals surface area contributed by atoms with Crippen molar-refractivity contribution in [3.63, 3.8) is 0 Å². The number of halogens is 1. The maximum absolute atomic E-state index is 12.6. The highest BCUT2D eigenvalue weighted by atomic mass is 35.5. The van der Waals surface area contributed by atoms with E-state index < -0.39 is 10.0 Å². The molecule has 2 rings (SSSR count). The molecule has 1 N–H and O–H groups in total. The molecule has 1 heterocycles. The van der Waals surface area contributed by atoms with Gasteiger partial charge in [-0.25, -0.2) is 13.4 Å². The van der Waals surface area contributed by atoms with Gasteiger partial charge in [0.25, 0.3) is 10.0 Å². The van der Waals surface area contributed by atoms with Gasteiger partial charge in [-0.2, -0.15) is 4.31 Å². The summed E-state index contributed by atoms with van der Waals surface area (Å²) in [6.07, 6.45) is 1.35. The molecule has 0 saturated carbocycles. The van der Waals surface area contributed by atoms with Crippen LogP contribution < -0.4 is 0 Å². The van der Waals surface area contributed by atoms with E-state index in [9.17, 15) is 8.42 Å². The van der Waals surface area contributed by atoms with Crippen molar-refractivity contribution >= 4 is 21.6 Å². The summed E-state index contributed by atoms with van der Waals surface area (Å²) in [6.45, 7) is -0.115. The maximum atomic E-state index is 12.6. The quantitative estimate of drug-likeness (QED) is 0.865. The van der Waals surface area contributed by atoms with Crippen LogP contribution in [0.4, 0.5) is 0 Å². The zero-order valence-electron chi connectivity index (χ0n) is 11.5. The average Bonchev–Trinajstić information content (AvgIpc) is 2.80. The number of hydrogen-bond donors (Lipinski definition) is 1. The molecule has 0 spiro atoms. The minimum absolute atomic E-state index is 0.00851. The number of sulfonamides is 1.